The molecule has 0 radical (unpaired) electrons. The Labute approximate surface area is 186 Å². The molecule has 0 aromatic carbocycles. The molecule has 5 atom stereocenters. The zero-order chi connectivity index (χ0) is 22.4. The first-order valence-corrected chi connectivity index (χ1v) is 11.6. The summed E-state index contributed by atoms with van der Waals surface area (Å²) in [5.74, 6) is -0.351. The number of amides is 2. The van der Waals surface area contributed by atoms with E-state index in [1.54, 1.807) is 11.0 Å². The Kier molecular flexibility index (Phi) is 5.35. The summed E-state index contributed by atoms with van der Waals surface area (Å²) in [5, 5.41) is 17.3. The van der Waals surface area contributed by atoms with Gasteiger partial charge in [0.05, 0.1) is 11.7 Å². The van der Waals surface area contributed by atoms with Gasteiger partial charge in [-0.2, -0.15) is 5.10 Å². The Morgan fingerprint density at radius 3 is 2.84 bits per heavy atom. The zero-order valence-corrected chi connectivity index (χ0v) is 18.2. The van der Waals surface area contributed by atoms with E-state index >= 15 is 0 Å². The average Bonchev–Trinajstić information content (AvgIpc) is 3.29. The molecule has 3 fully saturated rings. The highest BCUT2D eigenvalue weighted by Gasteiger charge is 2.56. The zero-order valence-electron chi connectivity index (χ0n) is 18.2. The van der Waals surface area contributed by atoms with Crippen LogP contribution in [0.1, 0.15) is 62.4 Å². The summed E-state index contributed by atoms with van der Waals surface area (Å²) in [6.45, 7) is 2.09. The van der Waals surface area contributed by atoms with Crippen LogP contribution in [0.2, 0.25) is 0 Å². The fraction of sp³-hybridized carbons (Fsp3) is 0.609. The van der Waals surface area contributed by atoms with E-state index in [4.69, 9.17) is 0 Å². The number of fused-ring (bicyclic) bond motifs is 2. The van der Waals surface area contributed by atoms with Crippen molar-refractivity contribution in [2.75, 3.05) is 0 Å². The van der Waals surface area contributed by atoms with Gasteiger partial charge in [-0.3, -0.25) is 19.3 Å². The number of piperidine rings is 1. The first kappa shape index (κ1) is 20.9. The number of rotatable bonds is 6. The lowest BCUT2D eigenvalue weighted by Gasteiger charge is -2.32. The SMILES string of the molecule is CC[C@H]1CCC[C@@H](NC(=O)[C@@H]2C[C@H]3C[C@H]3N2C(=O)Cn2nc(C(=O)O)c3ccncc32)C1. The lowest BCUT2D eigenvalue weighted by molar-refractivity contribution is -0.140. The van der Waals surface area contributed by atoms with Crippen LogP contribution in [0.25, 0.3) is 10.9 Å². The molecule has 2 aliphatic carbocycles. The third-order valence-electron chi connectivity index (χ3n) is 7.44. The van der Waals surface area contributed by atoms with Crippen molar-refractivity contribution in [3.05, 3.63) is 24.2 Å². The number of carboxylic acid groups (broad SMARTS) is 1. The van der Waals surface area contributed by atoms with Crippen LogP contribution in [0.3, 0.4) is 0 Å². The van der Waals surface area contributed by atoms with E-state index < -0.39 is 12.0 Å². The lowest BCUT2D eigenvalue weighted by atomic mass is 9.84. The van der Waals surface area contributed by atoms with Crippen molar-refractivity contribution < 1.29 is 19.5 Å². The van der Waals surface area contributed by atoms with E-state index in [9.17, 15) is 19.5 Å². The first-order chi connectivity index (χ1) is 15.5. The predicted octanol–water partition coefficient (Wildman–Crippen LogP) is 2.20. The minimum Gasteiger partial charge on any atom is -0.476 e. The Hall–Kier alpha value is -2.97. The number of hydrogen-bond acceptors (Lipinski definition) is 5. The van der Waals surface area contributed by atoms with Crippen molar-refractivity contribution in [1.29, 1.82) is 0 Å². The number of carbonyl (C=O) groups excluding carboxylic acids is 2. The van der Waals surface area contributed by atoms with E-state index in [1.807, 2.05) is 0 Å². The van der Waals surface area contributed by atoms with Gasteiger partial charge in [-0.05, 0) is 43.6 Å². The molecule has 2 N–H and O–H groups in total. The van der Waals surface area contributed by atoms with Crippen LogP contribution in [0, 0.1) is 11.8 Å². The van der Waals surface area contributed by atoms with Crippen LogP contribution in [-0.2, 0) is 16.1 Å². The maximum absolute atomic E-state index is 13.3. The quantitative estimate of drug-likeness (QED) is 0.713. The number of aromatic carboxylic acids is 1. The molecule has 0 bridgehead atoms. The van der Waals surface area contributed by atoms with E-state index in [-0.39, 0.29) is 36.1 Å². The van der Waals surface area contributed by atoms with Crippen LogP contribution in [0.15, 0.2) is 18.5 Å². The first-order valence-electron chi connectivity index (χ1n) is 11.6. The highest BCUT2D eigenvalue weighted by molar-refractivity contribution is 6.01. The highest BCUT2D eigenvalue weighted by Crippen LogP contribution is 2.48. The molecular formula is C23H29N5O4. The summed E-state index contributed by atoms with van der Waals surface area (Å²) in [6, 6.07) is 1.43. The lowest BCUT2D eigenvalue weighted by Crippen LogP contribution is -2.51. The Morgan fingerprint density at radius 2 is 2.06 bits per heavy atom. The minimum absolute atomic E-state index is 0.0504. The Morgan fingerprint density at radius 1 is 1.22 bits per heavy atom. The molecular weight excluding hydrogens is 410 g/mol. The second-order valence-electron chi connectivity index (χ2n) is 9.47. The van der Waals surface area contributed by atoms with E-state index in [1.165, 1.54) is 23.5 Å². The van der Waals surface area contributed by atoms with Crippen LogP contribution >= 0.6 is 0 Å². The van der Waals surface area contributed by atoms with Crippen molar-refractivity contribution in [2.24, 2.45) is 11.8 Å². The van der Waals surface area contributed by atoms with Crippen molar-refractivity contribution >= 4 is 28.7 Å². The number of carboxylic acids is 1. The molecule has 2 amide bonds. The van der Waals surface area contributed by atoms with Gasteiger partial charge in [-0.15, -0.1) is 0 Å². The van der Waals surface area contributed by atoms with E-state index in [2.05, 4.69) is 22.3 Å². The van der Waals surface area contributed by atoms with Gasteiger partial charge in [0.1, 0.15) is 12.6 Å². The number of carbonyl (C=O) groups is 3. The molecule has 0 unspecified atom stereocenters. The molecule has 5 rings (SSSR count). The number of hydrogen-bond donors (Lipinski definition) is 2. The van der Waals surface area contributed by atoms with Crippen molar-refractivity contribution in [2.45, 2.75) is 76.5 Å². The third-order valence-corrected chi connectivity index (χ3v) is 7.44. The maximum Gasteiger partial charge on any atom is 0.357 e. The molecule has 170 valence electrons. The molecule has 1 aliphatic heterocycles. The fourth-order valence-electron chi connectivity index (χ4n) is 5.65. The van der Waals surface area contributed by atoms with Crippen LogP contribution in [-0.4, -0.2) is 60.7 Å². The van der Waals surface area contributed by atoms with Crippen LogP contribution < -0.4 is 5.32 Å². The van der Waals surface area contributed by atoms with Gasteiger partial charge < -0.3 is 15.3 Å². The molecule has 2 aromatic heterocycles. The summed E-state index contributed by atoms with van der Waals surface area (Å²) in [7, 11) is 0. The number of nitrogens with one attached hydrogen (secondary N) is 1. The number of nitrogens with zero attached hydrogens (tertiary/aromatic N) is 4. The molecule has 3 aliphatic rings. The molecule has 1 saturated heterocycles. The number of likely N-dealkylation sites (tertiary alicyclic amines) is 1. The van der Waals surface area contributed by atoms with Crippen molar-refractivity contribution in [3.8, 4) is 0 Å². The monoisotopic (exact) mass is 439 g/mol. The maximum atomic E-state index is 13.3. The number of pyridine rings is 1. The minimum atomic E-state index is -1.15. The molecule has 9 heteroatoms. The van der Waals surface area contributed by atoms with Crippen LogP contribution in [0.4, 0.5) is 0 Å². The normalized spacial score (nSPS) is 29.0. The molecule has 3 heterocycles. The second-order valence-corrected chi connectivity index (χ2v) is 9.47. The summed E-state index contributed by atoms with van der Waals surface area (Å²) < 4.78 is 1.39. The van der Waals surface area contributed by atoms with Gasteiger partial charge in [-0.1, -0.05) is 26.2 Å². The Balaban J connectivity index is 1.32. The van der Waals surface area contributed by atoms with Gasteiger partial charge in [-0.25, -0.2) is 4.79 Å². The Bertz CT molecular complexity index is 1070. The summed E-state index contributed by atoms with van der Waals surface area (Å²) in [5.41, 5.74) is 0.400. The smallest absolute Gasteiger partial charge is 0.357 e. The van der Waals surface area contributed by atoms with Gasteiger partial charge in [0.2, 0.25) is 11.8 Å². The standard InChI is InChI=1S/C23H29N5O4/c1-2-13-4-3-5-15(8-13)25-22(30)18-10-14-9-17(14)28(18)20(29)12-27-19-11-24-7-6-16(19)21(26-27)23(31)32/h6-7,11,13-15,17-18H,2-5,8-10,12H2,1H3,(H,25,30)(H,31,32)/t13-,14+,15+,17+,18-/m0/s1. The topological polar surface area (TPSA) is 117 Å². The average molecular weight is 440 g/mol. The van der Waals surface area contributed by atoms with Gasteiger partial charge in [0.25, 0.3) is 0 Å². The van der Waals surface area contributed by atoms with Crippen LogP contribution in [0.5, 0.6) is 0 Å². The molecule has 2 aromatic rings. The van der Waals surface area contributed by atoms with Gasteiger partial charge in [0.15, 0.2) is 5.69 Å². The number of aromatic nitrogens is 3. The van der Waals surface area contributed by atoms with Crippen molar-refractivity contribution in [3.63, 3.8) is 0 Å². The second kappa shape index (κ2) is 8.18. The van der Waals surface area contributed by atoms with Gasteiger partial charge >= 0.3 is 5.97 Å². The molecule has 0 spiro atoms. The molecule has 2 saturated carbocycles. The largest absolute Gasteiger partial charge is 0.476 e. The summed E-state index contributed by atoms with van der Waals surface area (Å²) in [4.78, 5) is 43.8. The fourth-order valence-corrected chi connectivity index (χ4v) is 5.65. The van der Waals surface area contributed by atoms with E-state index in [0.717, 1.165) is 32.1 Å². The third kappa shape index (κ3) is 3.73. The predicted molar refractivity (Wildman–Crippen MR) is 116 cm³/mol. The molecule has 9 nitrogen and oxygen atoms in total. The summed E-state index contributed by atoms with van der Waals surface area (Å²) >= 11 is 0. The molecule has 32 heavy (non-hydrogen) atoms. The van der Waals surface area contributed by atoms with Crippen molar-refractivity contribution in [1.82, 2.24) is 25.0 Å². The van der Waals surface area contributed by atoms with Gasteiger partial charge in [0, 0.05) is 23.7 Å². The highest BCUT2D eigenvalue weighted by atomic mass is 16.4. The summed E-state index contributed by atoms with van der Waals surface area (Å²) in [6.07, 6.45) is 10.2. The van der Waals surface area contributed by atoms with E-state index in [0.29, 0.717) is 29.2 Å².